The average molecular weight is 292 g/mol. The predicted molar refractivity (Wildman–Crippen MR) is 90.8 cm³/mol. The smallest absolute Gasteiger partial charge is 0.0589 e. The second-order valence-electron chi connectivity index (χ2n) is 5.79. The highest BCUT2D eigenvalue weighted by Gasteiger charge is 2.17. The molecule has 0 bridgehead atoms. The first kappa shape index (κ1) is 18.1. The molecule has 0 fully saturated rings. The Bertz CT molecular complexity index is 375. The Morgan fingerprint density at radius 2 is 1.81 bits per heavy atom. The molecule has 0 radical (unpaired) electrons. The minimum Gasteiger partial charge on any atom is -0.383 e. The molecule has 0 aliphatic heterocycles. The number of methoxy groups -OCH3 is 1. The van der Waals surface area contributed by atoms with Crippen LogP contribution in [-0.2, 0) is 11.2 Å². The molecule has 0 heterocycles. The number of likely N-dealkylation sites (N-methyl/N-ethyl adjacent to an activating group) is 1. The minimum atomic E-state index is 0.375. The maximum atomic E-state index is 5.24. The molecule has 0 spiro atoms. The number of hydrogen-bond donors (Lipinski definition) is 1. The summed E-state index contributed by atoms with van der Waals surface area (Å²) in [5, 5.41) is 3.62. The van der Waals surface area contributed by atoms with Crippen LogP contribution in [0.1, 0.15) is 44.9 Å². The van der Waals surface area contributed by atoms with Gasteiger partial charge in [-0.2, -0.15) is 0 Å². The van der Waals surface area contributed by atoms with E-state index in [1.165, 1.54) is 11.1 Å². The molecule has 1 aromatic carbocycles. The van der Waals surface area contributed by atoms with E-state index in [1.807, 2.05) is 0 Å². The molecule has 3 nitrogen and oxygen atoms in total. The fraction of sp³-hybridized carbons (Fsp3) is 0.667. The zero-order chi connectivity index (χ0) is 15.7. The van der Waals surface area contributed by atoms with Crippen LogP contribution in [0.3, 0.4) is 0 Å². The van der Waals surface area contributed by atoms with E-state index in [0.29, 0.717) is 12.1 Å². The van der Waals surface area contributed by atoms with Gasteiger partial charge >= 0.3 is 0 Å². The summed E-state index contributed by atoms with van der Waals surface area (Å²) in [6.07, 6.45) is 1.10. The van der Waals surface area contributed by atoms with Crippen LogP contribution >= 0.6 is 0 Å². The van der Waals surface area contributed by atoms with Gasteiger partial charge in [-0.1, -0.05) is 38.1 Å². The molecule has 0 saturated heterocycles. The van der Waals surface area contributed by atoms with Crippen molar-refractivity contribution in [2.45, 2.75) is 46.2 Å². The summed E-state index contributed by atoms with van der Waals surface area (Å²) < 4.78 is 5.24. The molecule has 1 unspecified atom stereocenters. The van der Waals surface area contributed by atoms with Crippen molar-refractivity contribution in [3.8, 4) is 0 Å². The van der Waals surface area contributed by atoms with Gasteiger partial charge in [0.1, 0.15) is 0 Å². The Hall–Kier alpha value is -0.900. The van der Waals surface area contributed by atoms with Crippen LogP contribution in [-0.4, -0.2) is 44.3 Å². The zero-order valence-electron chi connectivity index (χ0n) is 14.4. The van der Waals surface area contributed by atoms with Crippen molar-refractivity contribution in [2.24, 2.45) is 0 Å². The number of rotatable bonds is 10. The number of ether oxygens (including phenoxy) is 1. The van der Waals surface area contributed by atoms with E-state index in [2.05, 4.69) is 62.2 Å². The quantitative estimate of drug-likeness (QED) is 0.716. The lowest BCUT2D eigenvalue weighted by atomic mass is 10.0. The van der Waals surface area contributed by atoms with Gasteiger partial charge in [0.25, 0.3) is 0 Å². The van der Waals surface area contributed by atoms with E-state index in [4.69, 9.17) is 4.74 Å². The second kappa shape index (κ2) is 9.93. The predicted octanol–water partition coefficient (Wildman–Crippen LogP) is 3.26. The molecule has 0 aromatic heterocycles. The molecule has 21 heavy (non-hydrogen) atoms. The van der Waals surface area contributed by atoms with E-state index < -0.39 is 0 Å². The molecule has 1 rings (SSSR count). The summed E-state index contributed by atoms with van der Waals surface area (Å²) >= 11 is 0. The van der Waals surface area contributed by atoms with E-state index in [9.17, 15) is 0 Å². The van der Waals surface area contributed by atoms with Crippen LogP contribution in [0, 0.1) is 0 Å². The maximum absolute atomic E-state index is 5.24. The molecular weight excluding hydrogens is 260 g/mol. The summed E-state index contributed by atoms with van der Waals surface area (Å²) in [5.41, 5.74) is 2.77. The lowest BCUT2D eigenvalue weighted by Crippen LogP contribution is -2.40. The molecule has 3 heteroatoms. The second-order valence-corrected chi connectivity index (χ2v) is 5.79. The fourth-order valence-electron chi connectivity index (χ4n) is 2.52. The van der Waals surface area contributed by atoms with Crippen LogP contribution in [0.5, 0.6) is 0 Å². The Balaban J connectivity index is 2.78. The summed E-state index contributed by atoms with van der Waals surface area (Å²) in [5.74, 6) is 0. The summed E-state index contributed by atoms with van der Waals surface area (Å²) in [6.45, 7) is 12.6. The third kappa shape index (κ3) is 6.16. The van der Waals surface area contributed by atoms with E-state index in [0.717, 1.165) is 32.7 Å². The maximum Gasteiger partial charge on any atom is 0.0589 e. The molecule has 0 amide bonds. The lowest BCUT2D eigenvalue weighted by molar-refractivity contribution is 0.121. The van der Waals surface area contributed by atoms with Gasteiger partial charge in [0.15, 0.2) is 0 Å². The Kier molecular flexibility index (Phi) is 8.58. The fourth-order valence-corrected chi connectivity index (χ4v) is 2.52. The first-order chi connectivity index (χ1) is 10.1. The van der Waals surface area contributed by atoms with E-state index in [-0.39, 0.29) is 0 Å². The van der Waals surface area contributed by atoms with Gasteiger partial charge in [-0.3, -0.25) is 4.90 Å². The van der Waals surface area contributed by atoms with E-state index >= 15 is 0 Å². The van der Waals surface area contributed by atoms with Gasteiger partial charge < -0.3 is 10.1 Å². The first-order valence-electron chi connectivity index (χ1n) is 8.17. The van der Waals surface area contributed by atoms with Gasteiger partial charge in [0, 0.05) is 32.3 Å². The molecule has 1 aromatic rings. The topological polar surface area (TPSA) is 24.5 Å². The van der Waals surface area contributed by atoms with Gasteiger partial charge in [0.05, 0.1) is 6.61 Å². The first-order valence-corrected chi connectivity index (χ1v) is 8.17. The average Bonchev–Trinajstić information content (AvgIpc) is 2.50. The number of aryl methyl sites for hydroxylation is 1. The van der Waals surface area contributed by atoms with Crippen molar-refractivity contribution >= 4 is 0 Å². The molecular formula is C18H32N2O. The Morgan fingerprint density at radius 1 is 1.14 bits per heavy atom. The standard InChI is InChI=1S/C18H32N2O/c1-6-16-8-10-17(11-9-16)18(19-7-2)14-20(15(3)4)12-13-21-5/h8-11,15,18-19H,6-7,12-14H2,1-5H3. The Morgan fingerprint density at radius 3 is 2.29 bits per heavy atom. The zero-order valence-corrected chi connectivity index (χ0v) is 14.4. The lowest BCUT2D eigenvalue weighted by Gasteiger charge is -2.31. The van der Waals surface area contributed by atoms with Crippen LogP contribution in [0.4, 0.5) is 0 Å². The number of nitrogens with one attached hydrogen (secondary N) is 1. The van der Waals surface area contributed by atoms with Crippen LogP contribution < -0.4 is 5.32 Å². The van der Waals surface area contributed by atoms with Crippen LogP contribution in [0.2, 0.25) is 0 Å². The third-order valence-corrected chi connectivity index (χ3v) is 3.97. The van der Waals surface area contributed by atoms with Crippen molar-refractivity contribution in [2.75, 3.05) is 33.4 Å². The molecule has 1 atom stereocenters. The van der Waals surface area contributed by atoms with E-state index in [1.54, 1.807) is 7.11 Å². The highest BCUT2D eigenvalue weighted by atomic mass is 16.5. The summed E-state index contributed by atoms with van der Waals surface area (Å²) in [4.78, 5) is 2.48. The monoisotopic (exact) mass is 292 g/mol. The normalized spacial score (nSPS) is 13.1. The van der Waals surface area contributed by atoms with Crippen molar-refractivity contribution in [3.63, 3.8) is 0 Å². The SMILES string of the molecule is CCNC(CN(CCOC)C(C)C)c1ccc(CC)cc1. The molecule has 0 aliphatic rings. The molecule has 0 aliphatic carbocycles. The van der Waals surface area contributed by atoms with Crippen molar-refractivity contribution in [3.05, 3.63) is 35.4 Å². The van der Waals surface area contributed by atoms with Gasteiger partial charge in [-0.05, 0) is 37.9 Å². The Labute approximate surface area is 130 Å². The molecule has 120 valence electrons. The van der Waals surface area contributed by atoms with Crippen molar-refractivity contribution in [1.29, 1.82) is 0 Å². The highest BCUT2D eigenvalue weighted by Crippen LogP contribution is 2.17. The third-order valence-electron chi connectivity index (χ3n) is 3.97. The summed E-state index contributed by atoms with van der Waals surface area (Å²) in [6, 6.07) is 9.92. The van der Waals surface area contributed by atoms with Crippen molar-refractivity contribution < 1.29 is 4.74 Å². The number of benzene rings is 1. The highest BCUT2D eigenvalue weighted by molar-refractivity contribution is 5.25. The van der Waals surface area contributed by atoms with Gasteiger partial charge in [-0.15, -0.1) is 0 Å². The molecule has 1 N–H and O–H groups in total. The van der Waals surface area contributed by atoms with Gasteiger partial charge in [-0.25, -0.2) is 0 Å². The number of hydrogen-bond acceptors (Lipinski definition) is 3. The molecule has 0 saturated carbocycles. The summed E-state index contributed by atoms with van der Waals surface area (Å²) in [7, 11) is 1.77. The number of nitrogens with zero attached hydrogens (tertiary/aromatic N) is 1. The van der Waals surface area contributed by atoms with Gasteiger partial charge in [0.2, 0.25) is 0 Å². The van der Waals surface area contributed by atoms with Crippen molar-refractivity contribution in [1.82, 2.24) is 10.2 Å². The van der Waals surface area contributed by atoms with Crippen LogP contribution in [0.25, 0.3) is 0 Å². The largest absolute Gasteiger partial charge is 0.383 e. The minimum absolute atomic E-state index is 0.375. The van der Waals surface area contributed by atoms with Crippen LogP contribution in [0.15, 0.2) is 24.3 Å².